The average Bonchev–Trinajstić information content (AvgIpc) is 3.10. The van der Waals surface area contributed by atoms with Crippen LogP contribution in [0.1, 0.15) is 24.5 Å². The first-order valence-corrected chi connectivity index (χ1v) is 10.6. The van der Waals surface area contributed by atoms with E-state index in [1.165, 1.54) is 23.1 Å². The van der Waals surface area contributed by atoms with Gasteiger partial charge in [0.15, 0.2) is 20.5 Å². The van der Waals surface area contributed by atoms with Crippen molar-refractivity contribution in [2.24, 2.45) is 0 Å². The van der Waals surface area contributed by atoms with Crippen LogP contribution in [-0.4, -0.2) is 37.2 Å². The van der Waals surface area contributed by atoms with Gasteiger partial charge in [-0.1, -0.05) is 11.8 Å². The summed E-state index contributed by atoms with van der Waals surface area (Å²) in [6, 6.07) is 0. The van der Waals surface area contributed by atoms with Gasteiger partial charge in [0.1, 0.15) is 4.70 Å². The van der Waals surface area contributed by atoms with Crippen LogP contribution in [0, 0.1) is 6.92 Å². The number of thioether (sulfide) groups is 1. The molecule has 128 valence electrons. The zero-order chi connectivity index (χ0) is 17.3. The molecule has 3 aromatic heterocycles. The monoisotopic (exact) mass is 445 g/mol. The number of halogens is 1. The fraction of sp³-hybridized carbons (Fsp3) is 0.429. The molecule has 0 aliphatic rings. The zero-order valence-corrected chi connectivity index (χ0v) is 17.4. The first-order valence-electron chi connectivity index (χ1n) is 7.13. The van der Waals surface area contributed by atoms with Crippen LogP contribution in [0.25, 0.3) is 10.3 Å². The number of aliphatic hydroxyl groups is 1. The van der Waals surface area contributed by atoms with Crippen LogP contribution >= 0.6 is 50.4 Å². The molecule has 0 saturated carbocycles. The number of nitrogens with one attached hydrogen (secondary N) is 1. The SMILES string of the molecule is Cc1nc(CSc2nc(NC(C)(C)CO)c3sc(Br)nc3n2)cs1. The van der Waals surface area contributed by atoms with Gasteiger partial charge < -0.3 is 10.4 Å². The minimum atomic E-state index is -0.480. The van der Waals surface area contributed by atoms with Crippen LogP contribution < -0.4 is 5.32 Å². The highest BCUT2D eigenvalue weighted by Gasteiger charge is 2.21. The summed E-state index contributed by atoms with van der Waals surface area (Å²) in [4.78, 5) is 18.0. The number of anilines is 1. The lowest BCUT2D eigenvalue weighted by Gasteiger charge is -2.24. The first-order chi connectivity index (χ1) is 11.4. The van der Waals surface area contributed by atoms with E-state index in [0.29, 0.717) is 22.4 Å². The summed E-state index contributed by atoms with van der Waals surface area (Å²) in [5.74, 6) is 1.41. The fourth-order valence-electron chi connectivity index (χ4n) is 1.90. The van der Waals surface area contributed by atoms with E-state index >= 15 is 0 Å². The Labute approximate surface area is 160 Å². The van der Waals surface area contributed by atoms with Gasteiger partial charge in [-0.3, -0.25) is 0 Å². The number of nitrogens with zero attached hydrogens (tertiary/aromatic N) is 4. The Bertz CT molecular complexity index is 863. The largest absolute Gasteiger partial charge is 0.394 e. The second-order valence-electron chi connectivity index (χ2n) is 5.79. The molecule has 3 heterocycles. The van der Waals surface area contributed by atoms with Crippen molar-refractivity contribution < 1.29 is 5.11 Å². The molecule has 6 nitrogen and oxygen atoms in total. The molecule has 0 aliphatic carbocycles. The third kappa shape index (κ3) is 4.23. The Kier molecular flexibility index (Phi) is 5.40. The first kappa shape index (κ1) is 18.0. The predicted molar refractivity (Wildman–Crippen MR) is 104 cm³/mol. The minimum absolute atomic E-state index is 0.000946. The van der Waals surface area contributed by atoms with Gasteiger partial charge in [-0.2, -0.15) is 0 Å². The number of aromatic nitrogens is 4. The van der Waals surface area contributed by atoms with Gasteiger partial charge in [0.05, 0.1) is 22.8 Å². The van der Waals surface area contributed by atoms with Gasteiger partial charge in [0.25, 0.3) is 0 Å². The topological polar surface area (TPSA) is 83.8 Å². The van der Waals surface area contributed by atoms with Gasteiger partial charge in [-0.05, 0) is 36.7 Å². The second kappa shape index (κ2) is 7.20. The van der Waals surface area contributed by atoms with Crippen molar-refractivity contribution in [3.05, 3.63) is 20.0 Å². The third-order valence-corrected chi connectivity index (χ3v) is 6.28. The highest BCUT2D eigenvalue weighted by Crippen LogP contribution is 2.33. The van der Waals surface area contributed by atoms with Crippen LogP contribution in [0.5, 0.6) is 0 Å². The average molecular weight is 446 g/mol. The van der Waals surface area contributed by atoms with Crippen molar-refractivity contribution in [3.63, 3.8) is 0 Å². The molecule has 24 heavy (non-hydrogen) atoms. The van der Waals surface area contributed by atoms with Crippen molar-refractivity contribution in [2.45, 2.75) is 37.2 Å². The fourth-order valence-corrected chi connectivity index (χ4v) is 4.68. The van der Waals surface area contributed by atoms with E-state index in [4.69, 9.17) is 0 Å². The molecule has 0 saturated heterocycles. The number of rotatable bonds is 6. The highest BCUT2D eigenvalue weighted by molar-refractivity contribution is 9.11. The molecule has 0 unspecified atom stereocenters. The number of hydrogen-bond acceptors (Lipinski definition) is 9. The van der Waals surface area contributed by atoms with Crippen molar-refractivity contribution in [1.82, 2.24) is 19.9 Å². The molecule has 0 amide bonds. The summed E-state index contributed by atoms with van der Waals surface area (Å²) in [6.45, 7) is 5.83. The molecule has 0 fully saturated rings. The minimum Gasteiger partial charge on any atom is -0.394 e. The summed E-state index contributed by atoms with van der Waals surface area (Å²) in [5, 5.41) is 16.5. The lowest BCUT2D eigenvalue weighted by Crippen LogP contribution is -2.35. The second-order valence-corrected chi connectivity index (χ2v) is 10.1. The quantitative estimate of drug-likeness (QED) is 0.436. The maximum atomic E-state index is 9.52. The molecule has 0 spiro atoms. The van der Waals surface area contributed by atoms with E-state index < -0.39 is 5.54 Å². The number of aliphatic hydroxyl groups excluding tert-OH is 1. The molecule has 0 bridgehead atoms. The number of thiazole rings is 2. The van der Waals surface area contributed by atoms with Crippen molar-refractivity contribution >= 4 is 66.5 Å². The molecule has 2 N–H and O–H groups in total. The summed E-state index contributed by atoms with van der Waals surface area (Å²) >= 11 is 8.04. The molecule has 0 atom stereocenters. The van der Waals surface area contributed by atoms with Gasteiger partial charge in [0.2, 0.25) is 0 Å². The van der Waals surface area contributed by atoms with E-state index in [2.05, 4.69) is 41.2 Å². The maximum Gasteiger partial charge on any atom is 0.192 e. The van der Waals surface area contributed by atoms with Crippen LogP contribution in [-0.2, 0) is 5.75 Å². The number of aryl methyl sites for hydroxylation is 1. The summed E-state index contributed by atoms with van der Waals surface area (Å²) < 4.78 is 1.63. The Morgan fingerprint density at radius 3 is 2.75 bits per heavy atom. The molecule has 3 rings (SSSR count). The molecule has 10 heteroatoms. The Balaban J connectivity index is 1.90. The summed E-state index contributed by atoms with van der Waals surface area (Å²) in [5.41, 5.74) is 1.19. The molecule has 0 aromatic carbocycles. The predicted octanol–water partition coefficient (Wildman–Crippen LogP) is 4.09. The van der Waals surface area contributed by atoms with Crippen LogP contribution in [0.2, 0.25) is 0 Å². The van der Waals surface area contributed by atoms with E-state index in [9.17, 15) is 5.11 Å². The smallest absolute Gasteiger partial charge is 0.192 e. The normalized spacial score (nSPS) is 12.0. The van der Waals surface area contributed by atoms with E-state index in [0.717, 1.165) is 19.3 Å². The van der Waals surface area contributed by atoms with Gasteiger partial charge in [-0.25, -0.2) is 19.9 Å². The van der Waals surface area contributed by atoms with Crippen LogP contribution in [0.3, 0.4) is 0 Å². The van der Waals surface area contributed by atoms with E-state index in [-0.39, 0.29) is 6.61 Å². The lowest BCUT2D eigenvalue weighted by atomic mass is 10.1. The molecule has 0 radical (unpaired) electrons. The Hall–Kier alpha value is -0.810. The molecule has 0 aliphatic heterocycles. The van der Waals surface area contributed by atoms with E-state index in [1.54, 1.807) is 11.3 Å². The van der Waals surface area contributed by atoms with Crippen molar-refractivity contribution in [2.75, 3.05) is 11.9 Å². The molecular weight excluding hydrogens is 430 g/mol. The van der Waals surface area contributed by atoms with Crippen molar-refractivity contribution in [1.29, 1.82) is 0 Å². The zero-order valence-electron chi connectivity index (χ0n) is 13.3. The van der Waals surface area contributed by atoms with Crippen LogP contribution in [0.15, 0.2) is 14.5 Å². The number of fused-ring (bicyclic) bond motifs is 1. The Morgan fingerprint density at radius 2 is 2.08 bits per heavy atom. The van der Waals surface area contributed by atoms with E-state index in [1.807, 2.05) is 26.2 Å². The standard InChI is InChI=1S/C14H16BrN5OS3/c1-7-16-8(4-22-7)5-23-13-18-10-9(24-12(15)17-10)11(19-13)20-14(2,3)6-21/h4,21H,5-6H2,1-3H3,(H,18,19,20). The van der Waals surface area contributed by atoms with Crippen LogP contribution in [0.4, 0.5) is 5.82 Å². The van der Waals surface area contributed by atoms with Gasteiger partial charge in [-0.15, -0.1) is 22.7 Å². The van der Waals surface area contributed by atoms with Gasteiger partial charge in [0, 0.05) is 11.1 Å². The summed E-state index contributed by atoms with van der Waals surface area (Å²) in [7, 11) is 0. The molecule has 3 aromatic rings. The number of hydrogen-bond donors (Lipinski definition) is 2. The third-order valence-electron chi connectivity index (χ3n) is 3.08. The highest BCUT2D eigenvalue weighted by atomic mass is 79.9. The van der Waals surface area contributed by atoms with Gasteiger partial charge >= 0.3 is 0 Å². The summed E-state index contributed by atoms with van der Waals surface area (Å²) in [6.07, 6.45) is 0. The lowest BCUT2D eigenvalue weighted by molar-refractivity contribution is 0.234. The maximum absolute atomic E-state index is 9.52. The Morgan fingerprint density at radius 1 is 1.29 bits per heavy atom. The van der Waals surface area contributed by atoms with Crippen molar-refractivity contribution in [3.8, 4) is 0 Å². The molecular formula is C14H16BrN5OS3.